The lowest BCUT2D eigenvalue weighted by Crippen LogP contribution is -2.52. The van der Waals surface area contributed by atoms with Gasteiger partial charge in [0.15, 0.2) is 0 Å². The van der Waals surface area contributed by atoms with E-state index >= 15 is 0 Å². The van der Waals surface area contributed by atoms with Crippen LogP contribution in [0.2, 0.25) is 0 Å². The molecule has 24 heavy (non-hydrogen) atoms. The van der Waals surface area contributed by atoms with Gasteiger partial charge in [0.25, 0.3) is 0 Å². The van der Waals surface area contributed by atoms with Gasteiger partial charge in [0.05, 0.1) is 18.2 Å². The van der Waals surface area contributed by atoms with Crippen LogP contribution in [0.5, 0.6) is 0 Å². The zero-order chi connectivity index (χ0) is 16.3. The van der Waals surface area contributed by atoms with Gasteiger partial charge in [-0.2, -0.15) is 0 Å². The summed E-state index contributed by atoms with van der Waals surface area (Å²) in [6.07, 6.45) is 3.99. The van der Waals surface area contributed by atoms with Crippen LogP contribution in [-0.2, 0) is 11.3 Å². The highest BCUT2D eigenvalue weighted by Crippen LogP contribution is 2.31. The summed E-state index contributed by atoms with van der Waals surface area (Å²) < 4.78 is 0. The lowest BCUT2D eigenvalue weighted by molar-refractivity contribution is -0.128. The number of aromatic nitrogens is 1. The van der Waals surface area contributed by atoms with E-state index in [4.69, 9.17) is 5.73 Å². The van der Waals surface area contributed by atoms with Gasteiger partial charge in [-0.15, -0.1) is 23.7 Å². The van der Waals surface area contributed by atoms with Crippen molar-refractivity contribution in [3.8, 4) is 10.6 Å². The molecule has 1 aromatic carbocycles. The highest BCUT2D eigenvalue weighted by atomic mass is 35.5. The van der Waals surface area contributed by atoms with Crippen molar-refractivity contribution in [3.63, 3.8) is 0 Å². The minimum absolute atomic E-state index is 0. The molecule has 2 aromatic rings. The standard InChI is InChI=1S/C18H23N3OS.ClH/c1-18(19)10-6-5-9-15(18)16(22)20-11-14-12-23-17(21-14)13-7-3-2-4-8-13;/h2-4,7-8,12,15H,5-6,9-11,19H2,1H3,(H,20,22);1H. The zero-order valence-corrected chi connectivity index (χ0v) is 15.5. The van der Waals surface area contributed by atoms with Gasteiger partial charge in [-0.3, -0.25) is 4.79 Å². The van der Waals surface area contributed by atoms with Crippen molar-refractivity contribution >= 4 is 29.7 Å². The average Bonchev–Trinajstić information content (AvgIpc) is 3.02. The number of nitrogens with zero attached hydrogens (tertiary/aromatic N) is 1. The van der Waals surface area contributed by atoms with E-state index in [1.807, 2.05) is 42.6 Å². The van der Waals surface area contributed by atoms with Crippen LogP contribution in [0, 0.1) is 5.92 Å². The molecule has 1 aliphatic rings. The average molecular weight is 366 g/mol. The van der Waals surface area contributed by atoms with Crippen molar-refractivity contribution in [3.05, 3.63) is 41.4 Å². The van der Waals surface area contributed by atoms with Crippen LogP contribution in [0.3, 0.4) is 0 Å². The summed E-state index contributed by atoms with van der Waals surface area (Å²) in [5.74, 6) is -0.0348. The van der Waals surface area contributed by atoms with Crippen LogP contribution in [0.1, 0.15) is 38.3 Å². The minimum Gasteiger partial charge on any atom is -0.350 e. The topological polar surface area (TPSA) is 68.0 Å². The number of amides is 1. The van der Waals surface area contributed by atoms with Gasteiger partial charge in [0, 0.05) is 16.5 Å². The van der Waals surface area contributed by atoms with Gasteiger partial charge >= 0.3 is 0 Å². The van der Waals surface area contributed by atoms with E-state index in [2.05, 4.69) is 10.3 Å². The van der Waals surface area contributed by atoms with Gasteiger partial charge < -0.3 is 11.1 Å². The molecule has 2 atom stereocenters. The first-order chi connectivity index (χ1) is 11.1. The molecule has 1 aliphatic carbocycles. The molecule has 0 radical (unpaired) electrons. The van der Waals surface area contributed by atoms with Crippen molar-refractivity contribution in [2.75, 3.05) is 0 Å². The van der Waals surface area contributed by atoms with E-state index in [9.17, 15) is 4.79 Å². The summed E-state index contributed by atoms with van der Waals surface area (Å²) in [5.41, 5.74) is 7.92. The van der Waals surface area contributed by atoms with Crippen molar-refractivity contribution in [2.45, 2.75) is 44.7 Å². The number of rotatable bonds is 4. The molecule has 3 rings (SSSR count). The first-order valence-electron chi connectivity index (χ1n) is 8.13. The maximum atomic E-state index is 12.4. The Morgan fingerprint density at radius 3 is 2.83 bits per heavy atom. The maximum Gasteiger partial charge on any atom is 0.225 e. The molecule has 1 saturated carbocycles. The zero-order valence-electron chi connectivity index (χ0n) is 13.8. The van der Waals surface area contributed by atoms with Crippen LogP contribution in [0.25, 0.3) is 10.6 Å². The Labute approximate surface area is 153 Å². The Balaban J connectivity index is 0.00000208. The number of nitrogens with one attached hydrogen (secondary N) is 1. The predicted octanol–water partition coefficient (Wildman–Crippen LogP) is 3.76. The van der Waals surface area contributed by atoms with E-state index in [1.54, 1.807) is 11.3 Å². The lowest BCUT2D eigenvalue weighted by Gasteiger charge is -2.37. The first-order valence-corrected chi connectivity index (χ1v) is 9.01. The molecule has 3 N–H and O–H groups in total. The minimum atomic E-state index is -0.389. The second-order valence-electron chi connectivity index (χ2n) is 6.53. The molecule has 4 nitrogen and oxygen atoms in total. The summed E-state index contributed by atoms with van der Waals surface area (Å²) in [6, 6.07) is 10.1. The van der Waals surface area contributed by atoms with Gasteiger partial charge in [0.1, 0.15) is 5.01 Å². The third-order valence-corrected chi connectivity index (χ3v) is 5.53. The largest absolute Gasteiger partial charge is 0.350 e. The Morgan fingerprint density at radius 2 is 2.12 bits per heavy atom. The Kier molecular flexibility index (Phi) is 6.38. The monoisotopic (exact) mass is 365 g/mol. The molecule has 1 aromatic heterocycles. The van der Waals surface area contributed by atoms with E-state index in [1.165, 1.54) is 0 Å². The lowest BCUT2D eigenvalue weighted by atomic mass is 9.74. The highest BCUT2D eigenvalue weighted by molar-refractivity contribution is 7.13. The fourth-order valence-corrected chi connectivity index (χ4v) is 4.02. The molecular weight excluding hydrogens is 342 g/mol. The number of benzene rings is 1. The molecule has 2 unspecified atom stereocenters. The van der Waals surface area contributed by atoms with Gasteiger partial charge in [0.2, 0.25) is 5.91 Å². The van der Waals surface area contributed by atoms with Crippen molar-refractivity contribution in [1.82, 2.24) is 10.3 Å². The fraction of sp³-hybridized carbons (Fsp3) is 0.444. The number of thiazole rings is 1. The quantitative estimate of drug-likeness (QED) is 0.866. The van der Waals surface area contributed by atoms with E-state index in [-0.39, 0.29) is 29.8 Å². The van der Waals surface area contributed by atoms with Crippen molar-refractivity contribution in [1.29, 1.82) is 0 Å². The van der Waals surface area contributed by atoms with Crippen molar-refractivity contribution in [2.24, 2.45) is 11.7 Å². The van der Waals surface area contributed by atoms with E-state index in [0.717, 1.165) is 41.9 Å². The van der Waals surface area contributed by atoms with Crippen LogP contribution >= 0.6 is 23.7 Å². The maximum absolute atomic E-state index is 12.4. The number of halogens is 1. The second-order valence-corrected chi connectivity index (χ2v) is 7.39. The normalized spacial score (nSPS) is 23.3. The SMILES string of the molecule is CC1(N)CCCCC1C(=O)NCc1csc(-c2ccccc2)n1.Cl. The van der Waals surface area contributed by atoms with Crippen LogP contribution < -0.4 is 11.1 Å². The Hall–Kier alpha value is -1.43. The summed E-state index contributed by atoms with van der Waals surface area (Å²) in [5, 5.41) is 6.00. The van der Waals surface area contributed by atoms with Gasteiger partial charge in [-0.05, 0) is 19.8 Å². The molecule has 0 aliphatic heterocycles. The van der Waals surface area contributed by atoms with Crippen LogP contribution in [0.15, 0.2) is 35.7 Å². The molecule has 0 bridgehead atoms. The second kappa shape index (κ2) is 8.10. The molecule has 1 amide bonds. The third kappa shape index (κ3) is 4.35. The number of nitrogens with two attached hydrogens (primary N) is 1. The number of hydrogen-bond acceptors (Lipinski definition) is 4. The third-order valence-electron chi connectivity index (χ3n) is 4.59. The molecule has 130 valence electrons. The van der Waals surface area contributed by atoms with Crippen molar-refractivity contribution < 1.29 is 4.79 Å². The summed E-state index contributed by atoms with van der Waals surface area (Å²) in [7, 11) is 0. The predicted molar refractivity (Wildman–Crippen MR) is 101 cm³/mol. The Bertz CT molecular complexity index is 672. The van der Waals surface area contributed by atoms with Crippen LogP contribution in [0.4, 0.5) is 0 Å². The molecular formula is C18H24ClN3OS. The summed E-state index contributed by atoms with van der Waals surface area (Å²) in [4.78, 5) is 17.1. The molecule has 0 spiro atoms. The van der Waals surface area contributed by atoms with E-state index < -0.39 is 0 Å². The molecule has 0 saturated heterocycles. The number of hydrogen-bond donors (Lipinski definition) is 2. The molecule has 1 heterocycles. The highest BCUT2D eigenvalue weighted by Gasteiger charge is 2.37. The first kappa shape index (κ1) is 18.9. The molecule has 6 heteroatoms. The number of carbonyl (C=O) groups is 1. The fourth-order valence-electron chi connectivity index (χ4n) is 3.19. The molecule has 1 fully saturated rings. The van der Waals surface area contributed by atoms with E-state index in [0.29, 0.717) is 6.54 Å². The smallest absolute Gasteiger partial charge is 0.225 e. The van der Waals surface area contributed by atoms with Gasteiger partial charge in [-0.25, -0.2) is 4.98 Å². The van der Waals surface area contributed by atoms with Gasteiger partial charge in [-0.1, -0.05) is 43.2 Å². The summed E-state index contributed by atoms with van der Waals surface area (Å²) >= 11 is 1.60. The summed E-state index contributed by atoms with van der Waals surface area (Å²) in [6.45, 7) is 2.46. The Morgan fingerprint density at radius 1 is 1.38 bits per heavy atom. The van der Waals surface area contributed by atoms with Crippen LogP contribution in [-0.4, -0.2) is 16.4 Å². The number of carbonyl (C=O) groups excluding carboxylic acids is 1.